The van der Waals surface area contributed by atoms with Gasteiger partial charge in [-0.1, -0.05) is 0 Å². The van der Waals surface area contributed by atoms with E-state index in [1.54, 1.807) is 0 Å². The van der Waals surface area contributed by atoms with Crippen molar-refractivity contribution in [3.05, 3.63) is 5.82 Å². The molecule has 0 radical (unpaired) electrons. The molecule has 17 heavy (non-hydrogen) atoms. The van der Waals surface area contributed by atoms with Crippen LogP contribution in [0.2, 0.25) is 0 Å². The first-order chi connectivity index (χ1) is 8.43. The largest absolute Gasteiger partial charge is 0.464 e. The third kappa shape index (κ3) is 2.42. The number of aryl methyl sites for hydroxylation is 1. The van der Waals surface area contributed by atoms with Crippen LogP contribution in [-0.2, 0) is 11.3 Å². The van der Waals surface area contributed by atoms with E-state index in [-0.39, 0.29) is 6.04 Å². The van der Waals surface area contributed by atoms with E-state index in [1.165, 1.54) is 0 Å². The van der Waals surface area contributed by atoms with Crippen LogP contribution >= 0.6 is 0 Å². The predicted molar refractivity (Wildman–Crippen MR) is 60.9 cm³/mol. The van der Waals surface area contributed by atoms with Gasteiger partial charge in [0.05, 0.1) is 19.3 Å². The van der Waals surface area contributed by atoms with Crippen molar-refractivity contribution >= 4 is 0 Å². The van der Waals surface area contributed by atoms with Gasteiger partial charge in [-0.25, -0.2) is 4.68 Å². The molecule has 1 saturated heterocycles. The zero-order chi connectivity index (χ0) is 11.5. The van der Waals surface area contributed by atoms with Crippen LogP contribution < -0.4 is 10.1 Å². The highest BCUT2D eigenvalue weighted by atomic mass is 16.5. The van der Waals surface area contributed by atoms with E-state index >= 15 is 0 Å². The van der Waals surface area contributed by atoms with E-state index in [2.05, 4.69) is 15.4 Å². The van der Waals surface area contributed by atoms with Gasteiger partial charge in [0.25, 0.3) is 0 Å². The second-order valence-corrected chi connectivity index (χ2v) is 4.47. The summed E-state index contributed by atoms with van der Waals surface area (Å²) in [6.07, 6.45) is 3.22. The highest BCUT2D eigenvalue weighted by molar-refractivity contribution is 5.04. The number of nitrogens with one attached hydrogen (secondary N) is 1. The number of ether oxygens (including phenoxy) is 2. The minimum Gasteiger partial charge on any atom is -0.464 e. The Hall–Kier alpha value is -1.14. The van der Waals surface area contributed by atoms with Gasteiger partial charge in [0, 0.05) is 13.2 Å². The van der Waals surface area contributed by atoms with Gasteiger partial charge in [-0.15, -0.1) is 0 Å². The molecular weight excluding hydrogens is 220 g/mol. The van der Waals surface area contributed by atoms with Gasteiger partial charge in [-0.3, -0.25) is 0 Å². The zero-order valence-corrected chi connectivity index (χ0v) is 9.89. The van der Waals surface area contributed by atoms with E-state index in [4.69, 9.17) is 9.47 Å². The van der Waals surface area contributed by atoms with Crippen LogP contribution in [0.4, 0.5) is 0 Å². The normalized spacial score (nSPS) is 25.5. The molecule has 1 atom stereocenters. The quantitative estimate of drug-likeness (QED) is 0.772. The van der Waals surface area contributed by atoms with Crippen molar-refractivity contribution in [1.82, 2.24) is 20.1 Å². The lowest BCUT2D eigenvalue weighted by atomic mass is 10.3. The minimum absolute atomic E-state index is 0.0977. The lowest BCUT2D eigenvalue weighted by Gasteiger charge is -2.10. The maximum Gasteiger partial charge on any atom is 0.315 e. The van der Waals surface area contributed by atoms with Crippen molar-refractivity contribution < 1.29 is 9.47 Å². The molecule has 0 bridgehead atoms. The first-order valence-corrected chi connectivity index (χ1v) is 6.32. The Morgan fingerprint density at radius 3 is 3.24 bits per heavy atom. The maximum atomic E-state index is 5.57. The second-order valence-electron chi connectivity index (χ2n) is 4.47. The standard InChI is InChI=1S/C11H18N4O2/c1-2-7-17-11-13-10(14-15(11)5-1)9-8-16-6-3-4-12-9/h9,12H,1-8H2. The number of nitrogens with zero attached hydrogens (tertiary/aromatic N) is 3. The van der Waals surface area contributed by atoms with E-state index < -0.39 is 0 Å². The van der Waals surface area contributed by atoms with Crippen LogP contribution in [0.15, 0.2) is 0 Å². The molecule has 0 aliphatic carbocycles. The highest BCUT2D eigenvalue weighted by Gasteiger charge is 2.22. The molecule has 1 aromatic rings. The van der Waals surface area contributed by atoms with Crippen molar-refractivity contribution in [2.75, 3.05) is 26.4 Å². The number of fused-ring (bicyclic) bond motifs is 1. The number of rotatable bonds is 1. The summed E-state index contributed by atoms with van der Waals surface area (Å²) in [4.78, 5) is 4.46. The average molecular weight is 238 g/mol. The van der Waals surface area contributed by atoms with Gasteiger partial charge in [0.15, 0.2) is 5.82 Å². The molecule has 6 heteroatoms. The topological polar surface area (TPSA) is 61.2 Å². The van der Waals surface area contributed by atoms with Gasteiger partial charge >= 0.3 is 6.01 Å². The SMILES string of the molecule is C1CNC(c2nc3n(n2)CCCCO3)COC1. The Bertz CT molecular complexity index is 348. The molecule has 2 aliphatic rings. The van der Waals surface area contributed by atoms with E-state index in [0.29, 0.717) is 12.6 Å². The minimum atomic E-state index is 0.0977. The molecule has 6 nitrogen and oxygen atoms in total. The van der Waals surface area contributed by atoms with Gasteiger partial charge in [0.1, 0.15) is 0 Å². The van der Waals surface area contributed by atoms with Crippen molar-refractivity contribution in [3.8, 4) is 6.01 Å². The van der Waals surface area contributed by atoms with Gasteiger partial charge in [0.2, 0.25) is 0 Å². The van der Waals surface area contributed by atoms with Crippen LogP contribution in [0.5, 0.6) is 6.01 Å². The van der Waals surface area contributed by atoms with Crippen LogP contribution in [0.25, 0.3) is 0 Å². The van der Waals surface area contributed by atoms with E-state index in [1.807, 2.05) is 4.68 Å². The predicted octanol–water partition coefficient (Wildman–Crippen LogP) is 0.502. The Morgan fingerprint density at radius 1 is 1.24 bits per heavy atom. The van der Waals surface area contributed by atoms with Crippen LogP contribution in [0, 0.1) is 0 Å². The summed E-state index contributed by atoms with van der Waals surface area (Å²) in [6, 6.07) is 0.754. The van der Waals surface area contributed by atoms with Crippen molar-refractivity contribution in [2.45, 2.75) is 31.8 Å². The van der Waals surface area contributed by atoms with Gasteiger partial charge in [-0.2, -0.15) is 10.1 Å². The third-order valence-electron chi connectivity index (χ3n) is 3.10. The van der Waals surface area contributed by atoms with Crippen molar-refractivity contribution in [1.29, 1.82) is 0 Å². The molecule has 0 spiro atoms. The van der Waals surface area contributed by atoms with Crippen LogP contribution in [0.3, 0.4) is 0 Å². The summed E-state index contributed by atoms with van der Waals surface area (Å²) in [7, 11) is 0. The lowest BCUT2D eigenvalue weighted by Crippen LogP contribution is -2.24. The lowest BCUT2D eigenvalue weighted by molar-refractivity contribution is 0.129. The molecule has 1 N–H and O–H groups in total. The summed E-state index contributed by atoms with van der Waals surface area (Å²) < 4.78 is 13.0. The van der Waals surface area contributed by atoms with E-state index in [0.717, 1.165) is 51.4 Å². The van der Waals surface area contributed by atoms with Crippen molar-refractivity contribution in [3.63, 3.8) is 0 Å². The molecule has 1 unspecified atom stereocenters. The monoisotopic (exact) mass is 238 g/mol. The Morgan fingerprint density at radius 2 is 2.24 bits per heavy atom. The molecular formula is C11H18N4O2. The van der Waals surface area contributed by atoms with Gasteiger partial charge in [-0.05, 0) is 25.8 Å². The average Bonchev–Trinajstić information content (AvgIpc) is 2.58. The summed E-state index contributed by atoms with van der Waals surface area (Å²) in [5, 5.41) is 7.92. The molecule has 2 aliphatic heterocycles. The summed E-state index contributed by atoms with van der Waals surface area (Å²) >= 11 is 0. The van der Waals surface area contributed by atoms with Crippen molar-refractivity contribution in [2.24, 2.45) is 0 Å². The zero-order valence-electron chi connectivity index (χ0n) is 9.89. The first kappa shape index (κ1) is 11.0. The van der Waals surface area contributed by atoms with E-state index in [9.17, 15) is 0 Å². The first-order valence-electron chi connectivity index (χ1n) is 6.32. The summed E-state index contributed by atoms with van der Waals surface area (Å²) in [6.45, 7) is 4.05. The molecule has 1 aromatic heterocycles. The molecule has 3 heterocycles. The fourth-order valence-corrected chi connectivity index (χ4v) is 2.15. The van der Waals surface area contributed by atoms with Crippen LogP contribution in [0.1, 0.15) is 31.1 Å². The smallest absolute Gasteiger partial charge is 0.315 e. The molecule has 3 rings (SSSR count). The molecule has 0 saturated carbocycles. The fraction of sp³-hybridized carbons (Fsp3) is 0.818. The molecule has 0 amide bonds. The molecule has 94 valence electrons. The summed E-state index contributed by atoms with van der Waals surface area (Å²) in [5.74, 6) is 0.795. The third-order valence-corrected chi connectivity index (χ3v) is 3.10. The number of aromatic nitrogens is 3. The Labute approximate surface area is 100 Å². The van der Waals surface area contributed by atoms with Crippen LogP contribution in [-0.4, -0.2) is 41.1 Å². The maximum absolute atomic E-state index is 5.57. The Kier molecular flexibility index (Phi) is 3.24. The number of hydrogen-bond acceptors (Lipinski definition) is 5. The highest BCUT2D eigenvalue weighted by Crippen LogP contribution is 2.19. The summed E-state index contributed by atoms with van der Waals surface area (Å²) in [5.41, 5.74) is 0. The second kappa shape index (κ2) is 5.01. The molecule has 0 aromatic carbocycles. The fourth-order valence-electron chi connectivity index (χ4n) is 2.15. The molecule has 1 fully saturated rings. The number of hydrogen-bond donors (Lipinski definition) is 1. The Balaban J connectivity index is 1.78. The van der Waals surface area contributed by atoms with Gasteiger partial charge < -0.3 is 14.8 Å².